The van der Waals surface area contributed by atoms with Crippen LogP contribution in [0.2, 0.25) is 0 Å². The van der Waals surface area contributed by atoms with Gasteiger partial charge in [-0.2, -0.15) is 4.31 Å². The number of aryl methyl sites for hydroxylation is 1. The van der Waals surface area contributed by atoms with Crippen molar-refractivity contribution in [2.24, 2.45) is 0 Å². The molecule has 0 atom stereocenters. The number of nitrogens with one attached hydrogen (secondary N) is 1. The van der Waals surface area contributed by atoms with Crippen LogP contribution in [0, 0.1) is 6.92 Å². The number of hydrogen-bond donors (Lipinski definition) is 1. The van der Waals surface area contributed by atoms with Crippen LogP contribution in [0.25, 0.3) is 0 Å². The Morgan fingerprint density at radius 3 is 2.48 bits per heavy atom. The van der Waals surface area contributed by atoms with Crippen LogP contribution in [0.3, 0.4) is 0 Å². The highest BCUT2D eigenvalue weighted by Gasteiger charge is 2.24. The van der Waals surface area contributed by atoms with Crippen molar-refractivity contribution in [3.63, 3.8) is 0 Å². The molecule has 0 aliphatic heterocycles. The number of benzene rings is 1. The van der Waals surface area contributed by atoms with Crippen LogP contribution >= 0.6 is 11.3 Å². The molecule has 1 aromatic carbocycles. The van der Waals surface area contributed by atoms with Crippen molar-refractivity contribution < 1.29 is 13.2 Å². The molecule has 1 heterocycles. The Morgan fingerprint density at radius 2 is 1.87 bits per heavy atom. The van der Waals surface area contributed by atoms with Crippen molar-refractivity contribution in [1.82, 2.24) is 4.31 Å². The Hall–Kier alpha value is -1.70. The van der Waals surface area contributed by atoms with E-state index in [0.29, 0.717) is 18.0 Å². The van der Waals surface area contributed by atoms with Crippen LogP contribution in [0.5, 0.6) is 0 Å². The standard InChI is InChI=1S/C16H20N2O3S2/c1-4-18(5-2)23(20,21)13-10-15(22-11-13)16(19)17-14-9-7-6-8-12(14)3/h6-11H,4-5H2,1-3H3,(H,17,19). The number of carbonyl (C=O) groups excluding carboxylic acids is 1. The molecule has 1 amide bonds. The molecule has 23 heavy (non-hydrogen) atoms. The minimum absolute atomic E-state index is 0.168. The van der Waals surface area contributed by atoms with E-state index in [1.54, 1.807) is 13.8 Å². The summed E-state index contributed by atoms with van der Waals surface area (Å²) in [5.41, 5.74) is 1.67. The Labute approximate surface area is 141 Å². The molecule has 2 aromatic rings. The van der Waals surface area contributed by atoms with Crippen LogP contribution in [0.1, 0.15) is 29.1 Å². The molecular weight excluding hydrogens is 332 g/mol. The van der Waals surface area contributed by atoms with Gasteiger partial charge in [0, 0.05) is 24.2 Å². The molecule has 2 rings (SSSR count). The van der Waals surface area contributed by atoms with E-state index in [1.165, 1.54) is 15.8 Å². The largest absolute Gasteiger partial charge is 0.321 e. The number of thiophene rings is 1. The molecule has 124 valence electrons. The third-order valence-electron chi connectivity index (χ3n) is 3.54. The van der Waals surface area contributed by atoms with Gasteiger partial charge in [-0.05, 0) is 24.6 Å². The molecule has 5 nitrogen and oxygen atoms in total. The molecule has 7 heteroatoms. The number of amides is 1. The maximum atomic E-state index is 12.4. The number of anilines is 1. The number of para-hydroxylation sites is 1. The van der Waals surface area contributed by atoms with Crippen LogP contribution in [0.15, 0.2) is 40.6 Å². The van der Waals surface area contributed by atoms with Gasteiger partial charge in [-0.3, -0.25) is 4.79 Å². The lowest BCUT2D eigenvalue weighted by atomic mass is 10.2. The van der Waals surface area contributed by atoms with Crippen molar-refractivity contribution in [3.05, 3.63) is 46.2 Å². The van der Waals surface area contributed by atoms with E-state index in [9.17, 15) is 13.2 Å². The summed E-state index contributed by atoms with van der Waals surface area (Å²) >= 11 is 1.13. The average molecular weight is 352 g/mol. The van der Waals surface area contributed by atoms with Gasteiger partial charge in [0.05, 0.1) is 9.77 Å². The topological polar surface area (TPSA) is 66.5 Å². The lowest BCUT2D eigenvalue weighted by molar-refractivity contribution is 0.103. The summed E-state index contributed by atoms with van der Waals surface area (Å²) in [5, 5.41) is 4.33. The number of rotatable bonds is 6. The number of hydrogen-bond acceptors (Lipinski definition) is 4. The van der Waals surface area contributed by atoms with Crippen LogP contribution < -0.4 is 5.32 Å². The van der Waals surface area contributed by atoms with Gasteiger partial charge in [0.25, 0.3) is 5.91 Å². The molecular formula is C16H20N2O3S2. The lowest BCUT2D eigenvalue weighted by Crippen LogP contribution is -2.30. The molecule has 0 saturated heterocycles. The van der Waals surface area contributed by atoms with E-state index in [4.69, 9.17) is 0 Å². The monoisotopic (exact) mass is 352 g/mol. The maximum absolute atomic E-state index is 12.4. The first-order valence-corrected chi connectivity index (χ1v) is 9.67. The molecule has 1 N–H and O–H groups in total. The van der Waals surface area contributed by atoms with E-state index in [-0.39, 0.29) is 10.8 Å². The quantitative estimate of drug-likeness (QED) is 0.867. The summed E-state index contributed by atoms with van der Waals surface area (Å²) in [6.07, 6.45) is 0. The zero-order valence-electron chi connectivity index (χ0n) is 13.4. The van der Waals surface area contributed by atoms with Gasteiger partial charge in [-0.25, -0.2) is 8.42 Å². The summed E-state index contributed by atoms with van der Waals surface area (Å²) in [6, 6.07) is 8.89. The molecule has 0 fully saturated rings. The lowest BCUT2D eigenvalue weighted by Gasteiger charge is -2.17. The van der Waals surface area contributed by atoms with Crippen LogP contribution in [-0.4, -0.2) is 31.7 Å². The highest BCUT2D eigenvalue weighted by molar-refractivity contribution is 7.89. The average Bonchev–Trinajstić information content (AvgIpc) is 3.01. The van der Waals surface area contributed by atoms with Crippen molar-refractivity contribution in [2.45, 2.75) is 25.7 Å². The molecule has 0 saturated carbocycles. The normalized spacial score (nSPS) is 11.7. The van der Waals surface area contributed by atoms with Gasteiger partial charge in [-0.1, -0.05) is 32.0 Å². The van der Waals surface area contributed by atoms with Gasteiger partial charge < -0.3 is 5.32 Å². The van der Waals surface area contributed by atoms with Crippen molar-refractivity contribution in [3.8, 4) is 0 Å². The Bertz CT molecular complexity index is 793. The van der Waals surface area contributed by atoms with Crippen LogP contribution in [-0.2, 0) is 10.0 Å². The first kappa shape index (κ1) is 17.7. The summed E-state index contributed by atoms with van der Waals surface area (Å²) in [4.78, 5) is 12.8. The van der Waals surface area contributed by atoms with Gasteiger partial charge in [-0.15, -0.1) is 11.3 Å². The summed E-state index contributed by atoms with van der Waals surface area (Å²) < 4.78 is 26.3. The number of carbonyl (C=O) groups is 1. The third-order valence-corrected chi connectivity index (χ3v) is 6.64. The van der Waals surface area contributed by atoms with E-state index >= 15 is 0 Å². The SMILES string of the molecule is CCN(CC)S(=O)(=O)c1csc(C(=O)Nc2ccccc2C)c1. The van der Waals surface area contributed by atoms with Gasteiger partial charge in [0.1, 0.15) is 0 Å². The van der Waals surface area contributed by atoms with Crippen molar-refractivity contribution in [2.75, 3.05) is 18.4 Å². The molecule has 0 aliphatic carbocycles. The van der Waals surface area contributed by atoms with Gasteiger partial charge >= 0.3 is 0 Å². The second kappa shape index (κ2) is 7.25. The summed E-state index contributed by atoms with van der Waals surface area (Å²) in [7, 11) is -3.53. The Kier molecular flexibility index (Phi) is 5.56. The zero-order chi connectivity index (χ0) is 17.0. The van der Waals surface area contributed by atoms with Gasteiger partial charge in [0.15, 0.2) is 0 Å². The first-order valence-electron chi connectivity index (χ1n) is 7.35. The zero-order valence-corrected chi connectivity index (χ0v) is 15.0. The number of sulfonamides is 1. The fourth-order valence-corrected chi connectivity index (χ4v) is 4.80. The molecule has 0 aliphatic rings. The molecule has 0 bridgehead atoms. The minimum atomic E-state index is -3.53. The van der Waals surface area contributed by atoms with E-state index < -0.39 is 10.0 Å². The Morgan fingerprint density at radius 1 is 1.22 bits per heavy atom. The molecule has 0 radical (unpaired) electrons. The van der Waals surface area contributed by atoms with E-state index in [0.717, 1.165) is 22.6 Å². The fourth-order valence-electron chi connectivity index (χ4n) is 2.18. The Balaban J connectivity index is 2.22. The highest BCUT2D eigenvalue weighted by atomic mass is 32.2. The summed E-state index contributed by atoms with van der Waals surface area (Å²) in [6.45, 7) is 6.29. The molecule has 1 aromatic heterocycles. The predicted molar refractivity (Wildman–Crippen MR) is 93.6 cm³/mol. The summed E-state index contributed by atoms with van der Waals surface area (Å²) in [5.74, 6) is -0.301. The van der Waals surface area contributed by atoms with E-state index in [2.05, 4.69) is 5.32 Å². The fraction of sp³-hybridized carbons (Fsp3) is 0.312. The second-order valence-corrected chi connectivity index (χ2v) is 7.85. The second-order valence-electron chi connectivity index (χ2n) is 5.01. The minimum Gasteiger partial charge on any atom is -0.321 e. The smallest absolute Gasteiger partial charge is 0.265 e. The van der Waals surface area contributed by atoms with Crippen molar-refractivity contribution >= 4 is 33.0 Å². The maximum Gasteiger partial charge on any atom is 0.265 e. The third kappa shape index (κ3) is 3.80. The first-order chi connectivity index (χ1) is 10.9. The predicted octanol–water partition coefficient (Wildman–Crippen LogP) is 3.34. The number of nitrogens with zero attached hydrogens (tertiary/aromatic N) is 1. The van der Waals surface area contributed by atoms with E-state index in [1.807, 2.05) is 31.2 Å². The van der Waals surface area contributed by atoms with Gasteiger partial charge in [0.2, 0.25) is 10.0 Å². The van der Waals surface area contributed by atoms with Crippen molar-refractivity contribution in [1.29, 1.82) is 0 Å². The molecule has 0 unspecified atom stereocenters. The van der Waals surface area contributed by atoms with Crippen LogP contribution in [0.4, 0.5) is 5.69 Å². The highest BCUT2D eigenvalue weighted by Crippen LogP contribution is 2.24. The molecule has 0 spiro atoms.